The Morgan fingerprint density at radius 2 is 1.76 bits per heavy atom. The lowest BCUT2D eigenvalue weighted by molar-refractivity contribution is 0.0682. The molecule has 0 aliphatic heterocycles. The van der Waals surface area contributed by atoms with Crippen molar-refractivity contribution < 1.29 is 24.5 Å². The fourth-order valence-corrected chi connectivity index (χ4v) is 3.58. The highest BCUT2D eigenvalue weighted by molar-refractivity contribution is 6.02. The number of carbonyl (C=O) groups is 2. The highest BCUT2D eigenvalue weighted by Gasteiger charge is 2.28. The molecule has 1 heterocycles. The zero-order chi connectivity index (χ0) is 21.0. The standard InChI is InChI=1S/C21H24N2O6/c1-29-15-7-5-14(6-8-15)23-18-3-2-4-19(26)16(18)13-17(21(23)28)20(27)22(9-11-24)10-12-25/h5-8,13,24-25H,2-4,9-12H2,1H3. The summed E-state index contributed by atoms with van der Waals surface area (Å²) in [5.41, 5.74) is 0.797. The van der Waals surface area contributed by atoms with Gasteiger partial charge in [0.05, 0.1) is 20.3 Å². The van der Waals surface area contributed by atoms with E-state index in [1.54, 1.807) is 24.3 Å². The van der Waals surface area contributed by atoms with Crippen LogP contribution in [0.1, 0.15) is 39.3 Å². The minimum absolute atomic E-state index is 0.0214. The second-order valence-corrected chi connectivity index (χ2v) is 6.77. The van der Waals surface area contributed by atoms with Crippen molar-refractivity contribution in [2.75, 3.05) is 33.4 Å². The Morgan fingerprint density at radius 1 is 1.10 bits per heavy atom. The number of Topliss-reactive ketones (excluding diaryl/α,β-unsaturated/α-hetero) is 1. The van der Waals surface area contributed by atoms with E-state index in [1.807, 2.05) is 0 Å². The minimum atomic E-state index is -0.624. The zero-order valence-electron chi connectivity index (χ0n) is 16.3. The van der Waals surface area contributed by atoms with E-state index in [9.17, 15) is 24.6 Å². The van der Waals surface area contributed by atoms with Crippen LogP contribution in [0.3, 0.4) is 0 Å². The van der Waals surface area contributed by atoms with E-state index in [0.717, 1.165) is 0 Å². The van der Waals surface area contributed by atoms with Gasteiger partial charge in [0, 0.05) is 36.5 Å². The molecule has 8 heteroatoms. The van der Waals surface area contributed by atoms with E-state index in [4.69, 9.17) is 4.74 Å². The van der Waals surface area contributed by atoms with Gasteiger partial charge in [-0.05, 0) is 43.2 Å². The van der Waals surface area contributed by atoms with E-state index in [2.05, 4.69) is 0 Å². The molecule has 1 aliphatic carbocycles. The van der Waals surface area contributed by atoms with Crippen molar-refractivity contribution >= 4 is 11.7 Å². The van der Waals surface area contributed by atoms with E-state index in [-0.39, 0.29) is 37.6 Å². The molecule has 1 aromatic heterocycles. The molecule has 29 heavy (non-hydrogen) atoms. The average Bonchev–Trinajstić information content (AvgIpc) is 2.73. The van der Waals surface area contributed by atoms with Crippen LogP contribution in [-0.4, -0.2) is 64.8 Å². The number of ketones is 1. The molecule has 8 nitrogen and oxygen atoms in total. The van der Waals surface area contributed by atoms with Gasteiger partial charge in [-0.15, -0.1) is 0 Å². The van der Waals surface area contributed by atoms with Crippen molar-refractivity contribution in [3.63, 3.8) is 0 Å². The Bertz CT molecular complexity index is 958. The van der Waals surface area contributed by atoms with Crippen LogP contribution in [0, 0.1) is 0 Å². The van der Waals surface area contributed by atoms with Crippen LogP contribution in [0.25, 0.3) is 5.69 Å². The maximum Gasteiger partial charge on any atom is 0.268 e. The highest BCUT2D eigenvalue weighted by atomic mass is 16.5. The lowest BCUT2D eigenvalue weighted by atomic mass is 9.92. The number of hydrogen-bond donors (Lipinski definition) is 2. The first-order valence-electron chi connectivity index (χ1n) is 9.49. The molecule has 1 amide bonds. The van der Waals surface area contributed by atoms with Crippen molar-refractivity contribution in [1.29, 1.82) is 0 Å². The first-order valence-corrected chi connectivity index (χ1v) is 9.49. The summed E-state index contributed by atoms with van der Waals surface area (Å²) in [4.78, 5) is 40.0. The second-order valence-electron chi connectivity index (χ2n) is 6.77. The predicted molar refractivity (Wildman–Crippen MR) is 106 cm³/mol. The normalized spacial score (nSPS) is 13.1. The Balaban J connectivity index is 2.20. The summed E-state index contributed by atoms with van der Waals surface area (Å²) < 4.78 is 6.57. The largest absolute Gasteiger partial charge is 0.497 e. The number of methoxy groups -OCH3 is 1. The molecule has 0 radical (unpaired) electrons. The lowest BCUT2D eigenvalue weighted by Crippen LogP contribution is -2.41. The summed E-state index contributed by atoms with van der Waals surface area (Å²) in [5.74, 6) is -0.115. The molecule has 0 spiro atoms. The van der Waals surface area contributed by atoms with Crippen LogP contribution in [0.2, 0.25) is 0 Å². The molecule has 0 saturated carbocycles. The monoisotopic (exact) mass is 400 g/mol. The smallest absolute Gasteiger partial charge is 0.268 e. The van der Waals surface area contributed by atoms with Gasteiger partial charge in [0.2, 0.25) is 0 Å². The summed E-state index contributed by atoms with van der Waals surface area (Å²) in [5, 5.41) is 18.4. The van der Waals surface area contributed by atoms with Crippen LogP contribution in [-0.2, 0) is 6.42 Å². The number of nitrogens with zero attached hydrogens (tertiary/aromatic N) is 2. The predicted octanol–water partition coefficient (Wildman–Crippen LogP) is 0.792. The van der Waals surface area contributed by atoms with Crippen molar-refractivity contribution in [1.82, 2.24) is 9.47 Å². The Morgan fingerprint density at radius 3 is 2.34 bits per heavy atom. The first-order chi connectivity index (χ1) is 14.0. The summed E-state index contributed by atoms with van der Waals surface area (Å²) in [7, 11) is 1.54. The topological polar surface area (TPSA) is 109 Å². The van der Waals surface area contributed by atoms with Crippen LogP contribution < -0.4 is 10.3 Å². The molecular weight excluding hydrogens is 376 g/mol. The molecule has 0 fully saturated rings. The Hall–Kier alpha value is -2.97. The molecule has 0 bridgehead atoms. The zero-order valence-corrected chi connectivity index (χ0v) is 16.3. The van der Waals surface area contributed by atoms with E-state index in [0.29, 0.717) is 42.0 Å². The quantitative estimate of drug-likeness (QED) is 0.711. The summed E-state index contributed by atoms with van der Waals surface area (Å²) >= 11 is 0. The van der Waals surface area contributed by atoms with Crippen LogP contribution >= 0.6 is 0 Å². The Kier molecular flexibility index (Phi) is 6.46. The molecule has 154 valence electrons. The van der Waals surface area contributed by atoms with Gasteiger partial charge >= 0.3 is 0 Å². The summed E-state index contributed by atoms with van der Waals surface area (Å²) in [6, 6.07) is 8.18. The molecule has 0 atom stereocenters. The van der Waals surface area contributed by atoms with Gasteiger partial charge in [-0.3, -0.25) is 19.0 Å². The number of pyridine rings is 1. The number of hydrogen-bond acceptors (Lipinski definition) is 6. The molecular formula is C21H24N2O6. The lowest BCUT2D eigenvalue weighted by Gasteiger charge is -2.24. The SMILES string of the molecule is COc1ccc(-n2c3c(cc(C(=O)N(CCO)CCO)c2=O)C(=O)CCC3)cc1. The molecule has 1 aromatic carbocycles. The number of ether oxygens (including phenoxy) is 1. The number of aliphatic hydroxyl groups is 2. The molecule has 3 rings (SSSR count). The van der Waals surface area contributed by atoms with Gasteiger partial charge in [0.25, 0.3) is 11.5 Å². The van der Waals surface area contributed by atoms with Crippen molar-refractivity contribution in [2.45, 2.75) is 19.3 Å². The minimum Gasteiger partial charge on any atom is -0.497 e. The first kappa shape index (κ1) is 20.8. The molecule has 2 aromatic rings. The highest BCUT2D eigenvalue weighted by Crippen LogP contribution is 2.25. The van der Waals surface area contributed by atoms with Gasteiger partial charge in [0.15, 0.2) is 5.78 Å². The molecule has 0 saturated heterocycles. The van der Waals surface area contributed by atoms with Gasteiger partial charge in [0.1, 0.15) is 11.3 Å². The maximum atomic E-state index is 13.3. The van der Waals surface area contributed by atoms with Crippen LogP contribution in [0.4, 0.5) is 0 Å². The number of aromatic nitrogens is 1. The number of fused-ring (bicyclic) bond motifs is 1. The second kappa shape index (κ2) is 9.02. The van der Waals surface area contributed by atoms with E-state index >= 15 is 0 Å². The molecule has 0 unspecified atom stereocenters. The van der Waals surface area contributed by atoms with Gasteiger partial charge < -0.3 is 19.8 Å². The number of amides is 1. The number of aliphatic hydroxyl groups excluding tert-OH is 2. The van der Waals surface area contributed by atoms with Gasteiger partial charge in [-0.1, -0.05) is 0 Å². The van der Waals surface area contributed by atoms with Gasteiger partial charge in [-0.2, -0.15) is 0 Å². The number of carbonyl (C=O) groups excluding carboxylic acids is 2. The van der Waals surface area contributed by atoms with Crippen molar-refractivity contribution in [2.24, 2.45) is 0 Å². The maximum absolute atomic E-state index is 13.3. The third kappa shape index (κ3) is 4.08. The molecule has 1 aliphatic rings. The fraction of sp³-hybridized carbons (Fsp3) is 0.381. The Labute approximate surface area is 168 Å². The summed E-state index contributed by atoms with van der Waals surface area (Å²) in [6.07, 6.45) is 1.54. The number of benzene rings is 1. The molecule has 2 N–H and O–H groups in total. The van der Waals surface area contributed by atoms with E-state index < -0.39 is 11.5 Å². The van der Waals surface area contributed by atoms with E-state index in [1.165, 1.54) is 22.6 Å². The summed E-state index contributed by atoms with van der Waals surface area (Å²) in [6.45, 7) is -0.649. The van der Waals surface area contributed by atoms with Crippen molar-refractivity contribution in [3.05, 3.63) is 57.5 Å². The average molecular weight is 400 g/mol. The third-order valence-electron chi connectivity index (χ3n) is 5.01. The van der Waals surface area contributed by atoms with Crippen molar-refractivity contribution in [3.8, 4) is 11.4 Å². The fourth-order valence-electron chi connectivity index (χ4n) is 3.58. The third-order valence-corrected chi connectivity index (χ3v) is 5.01. The van der Waals surface area contributed by atoms with Gasteiger partial charge in [-0.25, -0.2) is 0 Å². The number of rotatable bonds is 7. The van der Waals surface area contributed by atoms with Crippen LogP contribution in [0.15, 0.2) is 35.1 Å². The van der Waals surface area contributed by atoms with Crippen LogP contribution in [0.5, 0.6) is 5.75 Å².